The molecule has 2 aromatic rings. The van der Waals surface area contributed by atoms with Crippen LogP contribution in [0.25, 0.3) is 0 Å². The van der Waals surface area contributed by atoms with Crippen LogP contribution in [0.4, 0.5) is 20.2 Å². The number of rotatable bonds is 5. The number of phenols is 1. The van der Waals surface area contributed by atoms with Gasteiger partial charge in [-0.25, -0.2) is 4.90 Å². The van der Waals surface area contributed by atoms with Gasteiger partial charge in [0.25, 0.3) is 0 Å². The summed E-state index contributed by atoms with van der Waals surface area (Å²) in [6.07, 6.45) is -0.0979. The number of imide groups is 1. The van der Waals surface area contributed by atoms with Gasteiger partial charge in [-0.15, -0.1) is 8.78 Å². The van der Waals surface area contributed by atoms with E-state index in [9.17, 15) is 23.5 Å². The van der Waals surface area contributed by atoms with E-state index in [0.717, 1.165) is 16.7 Å². The molecule has 1 saturated heterocycles. The molecule has 0 spiro atoms. The lowest BCUT2D eigenvalue weighted by molar-refractivity contribution is -0.121. The zero-order valence-corrected chi connectivity index (χ0v) is 19.2. The summed E-state index contributed by atoms with van der Waals surface area (Å²) in [5.41, 5.74) is -3.25. The Kier molecular flexibility index (Phi) is 7.39. The van der Waals surface area contributed by atoms with Gasteiger partial charge in [0.15, 0.2) is 10.9 Å². The number of ether oxygens (including phenoxy) is 1. The molecule has 1 aliphatic rings. The quantitative estimate of drug-likeness (QED) is 0.181. The minimum absolute atomic E-state index is 0.0260. The molecule has 13 heteroatoms. The molecule has 2 aromatic carbocycles. The van der Waals surface area contributed by atoms with E-state index in [-0.39, 0.29) is 33.7 Å². The van der Waals surface area contributed by atoms with Gasteiger partial charge in [0, 0.05) is 30.8 Å². The fourth-order valence-electron chi connectivity index (χ4n) is 2.80. The summed E-state index contributed by atoms with van der Waals surface area (Å²) >= 11 is 17.6. The molecule has 1 fully saturated rings. The second kappa shape index (κ2) is 9.70. The number of carbonyl (C=O) groups is 2. The number of thioether (sulfide) groups is 1. The summed E-state index contributed by atoms with van der Waals surface area (Å²) in [5, 5.41) is 12.2. The van der Waals surface area contributed by atoms with Crippen molar-refractivity contribution in [2.45, 2.75) is 17.2 Å². The molecule has 3 rings (SSSR count). The Morgan fingerprint density at radius 2 is 1.84 bits per heavy atom. The second-order valence-electron chi connectivity index (χ2n) is 6.36. The maximum atomic E-state index is 12.8. The van der Waals surface area contributed by atoms with Gasteiger partial charge in [0.2, 0.25) is 11.8 Å². The first-order valence-corrected chi connectivity index (χ1v) is 10.8. The Morgan fingerprint density at radius 1 is 1.25 bits per heavy atom. The zero-order valence-electron chi connectivity index (χ0n) is 16.1. The van der Waals surface area contributed by atoms with Gasteiger partial charge in [0.1, 0.15) is 11.0 Å². The van der Waals surface area contributed by atoms with E-state index in [1.165, 1.54) is 43.4 Å². The lowest BCUT2D eigenvalue weighted by atomic mass is 10.3. The van der Waals surface area contributed by atoms with Crippen LogP contribution in [0.2, 0.25) is 10.0 Å². The fourth-order valence-corrected chi connectivity index (χ4v) is 4.36. The van der Waals surface area contributed by atoms with Crippen molar-refractivity contribution in [3.63, 3.8) is 0 Å². The molecule has 0 aliphatic carbocycles. The average Bonchev–Trinajstić information content (AvgIpc) is 2.98. The Hall–Kier alpha value is -2.27. The van der Waals surface area contributed by atoms with Crippen LogP contribution in [-0.2, 0) is 9.59 Å². The van der Waals surface area contributed by atoms with Crippen molar-refractivity contribution >= 4 is 74.9 Å². The average molecular weight is 525 g/mol. The first kappa shape index (κ1) is 24.4. The van der Waals surface area contributed by atoms with Crippen molar-refractivity contribution in [1.29, 1.82) is 0 Å². The van der Waals surface area contributed by atoms with E-state index in [1.54, 1.807) is 0 Å². The number of amidine groups is 1. The SMILES string of the molecule is CN=C(Nc1cc(Cl)c(O)c(Cl)c1)S[C@H]1CC(=O)N(c2ccc(OC(F)(F)Cl)cc2)C1=O. The van der Waals surface area contributed by atoms with Gasteiger partial charge in [-0.3, -0.25) is 14.6 Å². The van der Waals surface area contributed by atoms with Crippen LogP contribution in [0.5, 0.6) is 11.5 Å². The number of hydrogen-bond donors (Lipinski definition) is 2. The van der Waals surface area contributed by atoms with E-state index in [1.807, 2.05) is 0 Å². The monoisotopic (exact) mass is 523 g/mol. The summed E-state index contributed by atoms with van der Waals surface area (Å²) in [6, 6.07) is 7.80. The van der Waals surface area contributed by atoms with Gasteiger partial charge in [0.05, 0.1) is 15.7 Å². The number of halogens is 5. The van der Waals surface area contributed by atoms with Crippen molar-refractivity contribution < 1.29 is 28.2 Å². The Morgan fingerprint density at radius 3 is 2.38 bits per heavy atom. The number of anilines is 2. The molecule has 0 unspecified atom stereocenters. The van der Waals surface area contributed by atoms with Crippen LogP contribution >= 0.6 is 46.6 Å². The Labute approximate surface area is 200 Å². The van der Waals surface area contributed by atoms with Gasteiger partial charge in [-0.05, 0) is 36.4 Å². The van der Waals surface area contributed by atoms with Crippen molar-refractivity contribution in [1.82, 2.24) is 0 Å². The van der Waals surface area contributed by atoms with E-state index >= 15 is 0 Å². The van der Waals surface area contributed by atoms with Crippen LogP contribution in [-0.4, -0.2) is 40.0 Å². The number of nitrogens with zero attached hydrogens (tertiary/aromatic N) is 2. The maximum absolute atomic E-state index is 12.8. The Balaban J connectivity index is 1.71. The molecule has 1 atom stereocenters. The third kappa shape index (κ3) is 5.74. The molecule has 1 aliphatic heterocycles. The predicted molar refractivity (Wildman–Crippen MR) is 121 cm³/mol. The molecule has 0 bridgehead atoms. The lowest BCUT2D eigenvalue weighted by Gasteiger charge is -2.17. The third-order valence-electron chi connectivity index (χ3n) is 4.16. The zero-order chi connectivity index (χ0) is 23.6. The van der Waals surface area contributed by atoms with Crippen LogP contribution in [0.3, 0.4) is 0 Å². The highest BCUT2D eigenvalue weighted by Gasteiger charge is 2.41. The minimum Gasteiger partial charge on any atom is -0.505 e. The number of benzene rings is 2. The highest BCUT2D eigenvalue weighted by molar-refractivity contribution is 8.15. The number of aliphatic imine (C=N–C) groups is 1. The lowest BCUT2D eigenvalue weighted by Crippen LogP contribution is -2.31. The maximum Gasteiger partial charge on any atom is 0.487 e. The Bertz CT molecular complexity index is 1060. The van der Waals surface area contributed by atoms with Gasteiger partial charge < -0.3 is 15.2 Å². The van der Waals surface area contributed by atoms with Gasteiger partial charge in [-0.1, -0.05) is 35.0 Å². The number of nitrogens with one attached hydrogen (secondary N) is 1. The molecular weight excluding hydrogens is 511 g/mol. The van der Waals surface area contributed by atoms with E-state index < -0.39 is 22.6 Å². The second-order valence-corrected chi connectivity index (χ2v) is 8.81. The molecule has 2 N–H and O–H groups in total. The third-order valence-corrected chi connectivity index (χ3v) is 5.97. The number of phenolic OH excluding ortho intramolecular Hbond substituents is 1. The van der Waals surface area contributed by atoms with Gasteiger partial charge in [-0.2, -0.15) is 0 Å². The standard InChI is InChI=1S/C19H14Cl3F2N3O4S/c1-25-18(26-9-6-12(20)16(29)13(21)7-9)32-14-8-15(28)27(17(14)30)10-2-4-11(5-3-10)31-19(22,23)24/h2-7,14,29H,8H2,1H3,(H,25,26)/t14-/m0/s1. The van der Waals surface area contributed by atoms with Crippen LogP contribution in [0.15, 0.2) is 41.4 Å². The highest BCUT2D eigenvalue weighted by atomic mass is 35.5. The number of alkyl halides is 3. The number of amides is 2. The van der Waals surface area contributed by atoms with E-state index in [0.29, 0.717) is 10.9 Å². The largest absolute Gasteiger partial charge is 0.505 e. The number of hydrogen-bond acceptors (Lipinski definition) is 6. The van der Waals surface area contributed by atoms with Crippen molar-refractivity contribution in [3.8, 4) is 11.5 Å². The molecular formula is C19H14Cl3F2N3O4S. The first-order chi connectivity index (χ1) is 15.0. The van der Waals surface area contributed by atoms with Crippen LogP contribution in [0.1, 0.15) is 6.42 Å². The number of carbonyl (C=O) groups excluding carboxylic acids is 2. The van der Waals surface area contributed by atoms with E-state index in [4.69, 9.17) is 34.8 Å². The number of aromatic hydroxyl groups is 1. The molecule has 32 heavy (non-hydrogen) atoms. The first-order valence-electron chi connectivity index (χ1n) is 8.79. The van der Waals surface area contributed by atoms with Crippen LogP contribution in [0, 0.1) is 0 Å². The highest BCUT2D eigenvalue weighted by Crippen LogP contribution is 2.36. The summed E-state index contributed by atoms with van der Waals surface area (Å²) in [7, 11) is 1.49. The fraction of sp³-hybridized carbons (Fsp3) is 0.211. The predicted octanol–water partition coefficient (Wildman–Crippen LogP) is 5.33. The molecule has 2 amide bonds. The summed E-state index contributed by atoms with van der Waals surface area (Å²) in [6.45, 7) is 0. The molecule has 7 nitrogen and oxygen atoms in total. The van der Waals surface area contributed by atoms with E-state index in [2.05, 4.69) is 15.0 Å². The summed E-state index contributed by atoms with van der Waals surface area (Å²) in [4.78, 5) is 30.3. The van der Waals surface area contributed by atoms with Crippen LogP contribution < -0.4 is 15.0 Å². The van der Waals surface area contributed by atoms with Crippen molar-refractivity contribution in [2.75, 3.05) is 17.3 Å². The summed E-state index contributed by atoms with van der Waals surface area (Å²) in [5.74, 6) is -1.45. The topological polar surface area (TPSA) is 91.2 Å². The molecule has 0 radical (unpaired) electrons. The molecule has 0 saturated carbocycles. The van der Waals surface area contributed by atoms with Crippen molar-refractivity contribution in [2.24, 2.45) is 4.99 Å². The van der Waals surface area contributed by atoms with Crippen molar-refractivity contribution in [3.05, 3.63) is 46.4 Å². The minimum atomic E-state index is -3.88. The molecule has 170 valence electrons. The smallest absolute Gasteiger partial charge is 0.487 e. The molecule has 0 aromatic heterocycles. The van der Waals surface area contributed by atoms with Gasteiger partial charge >= 0.3 is 5.57 Å². The summed E-state index contributed by atoms with van der Waals surface area (Å²) < 4.78 is 29.7. The normalized spacial score (nSPS) is 17.1. The molecule has 1 heterocycles.